The molecule has 0 atom stereocenters. The molecule has 5 nitrogen and oxygen atoms in total. The molecule has 0 radical (unpaired) electrons. The Bertz CT molecular complexity index is 1000. The number of aromatic nitrogens is 4. The summed E-state index contributed by atoms with van der Waals surface area (Å²) in [5.74, 6) is 0.877. The minimum Gasteiger partial charge on any atom is -0.296 e. The van der Waals surface area contributed by atoms with Crippen LogP contribution in [-0.2, 0) is 6.54 Å². The zero-order valence-corrected chi connectivity index (χ0v) is 14.6. The van der Waals surface area contributed by atoms with Gasteiger partial charge in [0.15, 0.2) is 11.5 Å². The summed E-state index contributed by atoms with van der Waals surface area (Å²) in [6.45, 7) is 7.01. The third-order valence-corrected chi connectivity index (χ3v) is 4.64. The molecule has 2 heterocycles. The Morgan fingerprint density at radius 1 is 0.840 bits per heavy atom. The highest BCUT2D eigenvalue weighted by molar-refractivity contribution is 6.01. The van der Waals surface area contributed by atoms with Crippen LogP contribution in [0.1, 0.15) is 19.7 Å². The molecule has 0 aliphatic carbocycles. The minimum atomic E-state index is 0.744. The molecule has 0 unspecified atom stereocenters. The third kappa shape index (κ3) is 2.76. The van der Waals surface area contributed by atoms with Crippen molar-refractivity contribution in [3.05, 3.63) is 60.4 Å². The van der Waals surface area contributed by atoms with Crippen LogP contribution in [0.25, 0.3) is 27.7 Å². The molecule has 126 valence electrons. The Morgan fingerprint density at radius 3 is 2.24 bits per heavy atom. The second-order valence-electron chi connectivity index (χ2n) is 6.07. The van der Waals surface area contributed by atoms with Gasteiger partial charge in [-0.05, 0) is 13.1 Å². The molecule has 0 bridgehead atoms. The highest BCUT2D eigenvalue weighted by atomic mass is 15.4. The van der Waals surface area contributed by atoms with Gasteiger partial charge in [-0.3, -0.25) is 4.90 Å². The lowest BCUT2D eigenvalue weighted by Crippen LogP contribution is -2.23. The van der Waals surface area contributed by atoms with Crippen molar-refractivity contribution in [2.24, 2.45) is 0 Å². The second kappa shape index (κ2) is 6.61. The first kappa shape index (κ1) is 15.7. The van der Waals surface area contributed by atoms with Crippen molar-refractivity contribution in [3.63, 3.8) is 0 Å². The van der Waals surface area contributed by atoms with Gasteiger partial charge in [-0.2, -0.15) is 9.61 Å². The predicted octanol–water partition coefficient (Wildman–Crippen LogP) is 3.79. The van der Waals surface area contributed by atoms with Crippen molar-refractivity contribution in [2.75, 3.05) is 13.1 Å². The van der Waals surface area contributed by atoms with Crippen LogP contribution >= 0.6 is 0 Å². The molecule has 0 saturated heterocycles. The maximum Gasteiger partial charge on any atom is 0.185 e. The van der Waals surface area contributed by atoms with Gasteiger partial charge in [-0.1, -0.05) is 68.4 Å². The fourth-order valence-corrected chi connectivity index (χ4v) is 3.18. The quantitative estimate of drug-likeness (QED) is 0.558. The Balaban J connectivity index is 1.97. The van der Waals surface area contributed by atoms with Crippen molar-refractivity contribution < 1.29 is 0 Å². The summed E-state index contributed by atoms with van der Waals surface area (Å²) in [7, 11) is 0. The molecule has 0 spiro atoms. The van der Waals surface area contributed by atoms with E-state index in [1.165, 1.54) is 0 Å². The van der Waals surface area contributed by atoms with Crippen molar-refractivity contribution in [1.29, 1.82) is 0 Å². The maximum absolute atomic E-state index is 4.92. The van der Waals surface area contributed by atoms with E-state index in [4.69, 9.17) is 5.10 Å². The van der Waals surface area contributed by atoms with Gasteiger partial charge in [0.1, 0.15) is 0 Å². The highest BCUT2D eigenvalue weighted by Crippen LogP contribution is 2.28. The molecular formula is C20H21N5. The van der Waals surface area contributed by atoms with Crippen LogP contribution in [0.15, 0.2) is 54.6 Å². The molecule has 5 heteroatoms. The zero-order chi connectivity index (χ0) is 17.2. The Labute approximate surface area is 146 Å². The van der Waals surface area contributed by atoms with Crippen LogP contribution in [0, 0.1) is 0 Å². The Hall–Kier alpha value is -2.79. The molecule has 4 aromatic rings. The van der Waals surface area contributed by atoms with E-state index >= 15 is 0 Å². The lowest BCUT2D eigenvalue weighted by atomic mass is 10.1. The average Bonchev–Trinajstić information content (AvgIpc) is 3.09. The van der Waals surface area contributed by atoms with E-state index in [9.17, 15) is 0 Å². The normalized spacial score (nSPS) is 11.6. The molecule has 0 aliphatic rings. The van der Waals surface area contributed by atoms with Crippen molar-refractivity contribution in [1.82, 2.24) is 24.7 Å². The summed E-state index contributed by atoms with van der Waals surface area (Å²) in [6.07, 6.45) is 0. The second-order valence-corrected chi connectivity index (χ2v) is 6.07. The first-order valence-corrected chi connectivity index (χ1v) is 8.72. The summed E-state index contributed by atoms with van der Waals surface area (Å²) in [6, 6.07) is 18.6. The number of nitrogens with zero attached hydrogens (tertiary/aromatic N) is 5. The van der Waals surface area contributed by atoms with Crippen LogP contribution in [-0.4, -0.2) is 37.8 Å². The SMILES string of the molecule is CCN(CC)Cc1nnc2c3ccccc3c(-c3ccccc3)nn12. The van der Waals surface area contributed by atoms with Gasteiger partial charge in [0, 0.05) is 16.3 Å². The first-order chi connectivity index (χ1) is 12.3. The smallest absolute Gasteiger partial charge is 0.185 e. The number of hydrogen-bond acceptors (Lipinski definition) is 4. The van der Waals surface area contributed by atoms with Gasteiger partial charge < -0.3 is 0 Å². The summed E-state index contributed by atoms with van der Waals surface area (Å²) < 4.78 is 1.91. The van der Waals surface area contributed by atoms with E-state index in [0.29, 0.717) is 0 Å². The maximum atomic E-state index is 4.92. The Kier molecular flexibility index (Phi) is 4.15. The van der Waals surface area contributed by atoms with Gasteiger partial charge in [-0.15, -0.1) is 10.2 Å². The van der Waals surface area contributed by atoms with Crippen LogP contribution < -0.4 is 0 Å². The van der Waals surface area contributed by atoms with Gasteiger partial charge >= 0.3 is 0 Å². The van der Waals surface area contributed by atoms with Gasteiger partial charge in [0.2, 0.25) is 0 Å². The fraction of sp³-hybridized carbons (Fsp3) is 0.250. The van der Waals surface area contributed by atoms with Gasteiger partial charge in [-0.25, -0.2) is 0 Å². The van der Waals surface area contributed by atoms with Crippen LogP contribution in [0.4, 0.5) is 0 Å². The van der Waals surface area contributed by atoms with Crippen LogP contribution in [0.3, 0.4) is 0 Å². The highest BCUT2D eigenvalue weighted by Gasteiger charge is 2.16. The third-order valence-electron chi connectivity index (χ3n) is 4.64. The lowest BCUT2D eigenvalue weighted by Gasteiger charge is -2.16. The number of benzene rings is 2. The summed E-state index contributed by atoms with van der Waals surface area (Å²) in [5.41, 5.74) is 2.88. The lowest BCUT2D eigenvalue weighted by molar-refractivity contribution is 0.286. The first-order valence-electron chi connectivity index (χ1n) is 8.72. The van der Waals surface area contributed by atoms with E-state index in [1.807, 2.05) is 34.8 Å². The van der Waals surface area contributed by atoms with E-state index < -0.39 is 0 Å². The zero-order valence-electron chi connectivity index (χ0n) is 14.6. The molecule has 25 heavy (non-hydrogen) atoms. The summed E-state index contributed by atoms with van der Waals surface area (Å²) >= 11 is 0. The molecule has 4 rings (SSSR count). The van der Waals surface area contributed by atoms with Crippen LogP contribution in [0.5, 0.6) is 0 Å². The van der Waals surface area contributed by atoms with Crippen molar-refractivity contribution in [2.45, 2.75) is 20.4 Å². The van der Waals surface area contributed by atoms with Gasteiger partial charge in [0.05, 0.1) is 12.2 Å². The van der Waals surface area contributed by atoms with Gasteiger partial charge in [0.25, 0.3) is 0 Å². The van der Waals surface area contributed by atoms with E-state index in [0.717, 1.165) is 53.1 Å². The molecule has 0 saturated carbocycles. The fourth-order valence-electron chi connectivity index (χ4n) is 3.18. The topological polar surface area (TPSA) is 46.3 Å². The molecule has 2 aromatic heterocycles. The predicted molar refractivity (Wildman–Crippen MR) is 100 cm³/mol. The number of fused-ring (bicyclic) bond motifs is 3. The average molecular weight is 331 g/mol. The molecule has 0 aliphatic heterocycles. The minimum absolute atomic E-state index is 0.744. The molecule has 0 N–H and O–H groups in total. The standard InChI is InChI=1S/C20H21N5/c1-3-24(4-2)14-18-21-22-20-17-13-9-8-12-16(17)19(23-25(18)20)15-10-6-5-7-11-15/h5-13H,3-4,14H2,1-2H3. The van der Waals surface area contributed by atoms with E-state index in [1.54, 1.807) is 0 Å². The van der Waals surface area contributed by atoms with Crippen molar-refractivity contribution in [3.8, 4) is 11.3 Å². The number of rotatable bonds is 5. The molecule has 0 amide bonds. The Morgan fingerprint density at radius 2 is 1.52 bits per heavy atom. The number of hydrogen-bond donors (Lipinski definition) is 0. The monoisotopic (exact) mass is 331 g/mol. The van der Waals surface area contributed by atoms with E-state index in [2.05, 4.69) is 53.2 Å². The van der Waals surface area contributed by atoms with Crippen molar-refractivity contribution >= 4 is 16.4 Å². The molecule has 2 aromatic carbocycles. The summed E-state index contributed by atoms with van der Waals surface area (Å²) in [4.78, 5) is 2.31. The van der Waals surface area contributed by atoms with E-state index in [-0.39, 0.29) is 0 Å². The molecular weight excluding hydrogens is 310 g/mol. The summed E-state index contributed by atoms with van der Waals surface area (Å²) in [5, 5.41) is 16.0. The molecule has 0 fully saturated rings. The largest absolute Gasteiger partial charge is 0.296 e. The van der Waals surface area contributed by atoms with Crippen LogP contribution in [0.2, 0.25) is 0 Å².